The van der Waals surface area contributed by atoms with E-state index in [-0.39, 0.29) is 23.5 Å². The Kier molecular flexibility index (Phi) is 4.80. The van der Waals surface area contributed by atoms with Crippen LogP contribution in [0.5, 0.6) is 5.75 Å². The monoisotopic (exact) mass is 343 g/mol. The van der Waals surface area contributed by atoms with Crippen molar-refractivity contribution >= 4 is 33.7 Å². The summed E-state index contributed by atoms with van der Waals surface area (Å²) in [6, 6.07) is 7.30. The largest absolute Gasteiger partial charge is 0.549 e. The maximum Gasteiger partial charge on any atom is 0.277 e. The standard InChI is InChI=1S/C11H9BrN2O4S/c12-7-1-3-8(4-2-7)17-5-9-13-14-11(18-9)19-6-10(15)16/h1-4H,5-6H2,(H,15,16)/p-1. The summed E-state index contributed by atoms with van der Waals surface area (Å²) < 4.78 is 11.6. The van der Waals surface area contributed by atoms with Gasteiger partial charge >= 0.3 is 0 Å². The Hall–Kier alpha value is -1.54. The molecule has 0 bridgehead atoms. The van der Waals surface area contributed by atoms with Crippen LogP contribution in [0.25, 0.3) is 0 Å². The number of hydrogen-bond acceptors (Lipinski definition) is 7. The van der Waals surface area contributed by atoms with Crippen LogP contribution in [0.4, 0.5) is 0 Å². The molecule has 0 fully saturated rings. The predicted molar refractivity (Wildman–Crippen MR) is 68.5 cm³/mol. The molecule has 0 aliphatic rings. The number of carboxylic acid groups (broad SMARTS) is 1. The van der Waals surface area contributed by atoms with Gasteiger partial charge in [-0.05, 0) is 24.3 Å². The van der Waals surface area contributed by atoms with E-state index < -0.39 is 5.97 Å². The molecule has 6 nitrogen and oxygen atoms in total. The van der Waals surface area contributed by atoms with Crippen molar-refractivity contribution in [3.8, 4) is 5.75 Å². The summed E-state index contributed by atoms with van der Waals surface area (Å²) in [4.78, 5) is 10.3. The van der Waals surface area contributed by atoms with Gasteiger partial charge in [0, 0.05) is 10.2 Å². The number of aliphatic carboxylic acids is 1. The first kappa shape index (κ1) is 13.9. The highest BCUT2D eigenvalue weighted by Gasteiger charge is 2.07. The van der Waals surface area contributed by atoms with Crippen molar-refractivity contribution in [2.75, 3.05) is 5.75 Å². The normalized spacial score (nSPS) is 10.4. The summed E-state index contributed by atoms with van der Waals surface area (Å²) in [5.74, 6) is -0.458. The van der Waals surface area contributed by atoms with Crippen molar-refractivity contribution in [3.05, 3.63) is 34.6 Å². The Labute approximate surface area is 121 Å². The maximum absolute atomic E-state index is 10.3. The zero-order chi connectivity index (χ0) is 13.7. The summed E-state index contributed by atoms with van der Waals surface area (Å²) in [6.07, 6.45) is 0. The molecule has 0 atom stereocenters. The van der Waals surface area contributed by atoms with Crippen molar-refractivity contribution < 1.29 is 19.1 Å². The Morgan fingerprint density at radius 3 is 2.79 bits per heavy atom. The fourth-order valence-corrected chi connectivity index (χ4v) is 1.91. The fraction of sp³-hybridized carbons (Fsp3) is 0.182. The van der Waals surface area contributed by atoms with Gasteiger partial charge in [0.15, 0.2) is 6.61 Å². The van der Waals surface area contributed by atoms with Gasteiger partial charge < -0.3 is 19.1 Å². The summed E-state index contributed by atoms with van der Waals surface area (Å²) in [7, 11) is 0. The Morgan fingerprint density at radius 2 is 2.11 bits per heavy atom. The third-order valence-corrected chi connectivity index (χ3v) is 3.26. The molecule has 1 aromatic heterocycles. The molecule has 0 radical (unpaired) electrons. The maximum atomic E-state index is 10.3. The Balaban J connectivity index is 1.86. The lowest BCUT2D eigenvalue weighted by Gasteiger charge is -2.02. The second-order valence-corrected chi connectivity index (χ2v) is 5.21. The fourth-order valence-electron chi connectivity index (χ4n) is 1.15. The van der Waals surface area contributed by atoms with Crippen LogP contribution >= 0.6 is 27.7 Å². The highest BCUT2D eigenvalue weighted by Crippen LogP contribution is 2.19. The Morgan fingerprint density at radius 1 is 1.37 bits per heavy atom. The molecule has 0 spiro atoms. The number of thioether (sulfide) groups is 1. The lowest BCUT2D eigenvalue weighted by atomic mass is 10.3. The van der Waals surface area contributed by atoms with E-state index in [9.17, 15) is 9.90 Å². The van der Waals surface area contributed by atoms with Crippen LogP contribution in [-0.2, 0) is 11.4 Å². The molecular weight excluding hydrogens is 336 g/mol. The number of hydrogen-bond donors (Lipinski definition) is 0. The number of ether oxygens (including phenoxy) is 1. The minimum atomic E-state index is -1.18. The van der Waals surface area contributed by atoms with Crippen molar-refractivity contribution in [2.24, 2.45) is 0 Å². The minimum absolute atomic E-state index is 0.126. The first-order chi connectivity index (χ1) is 9.13. The average molecular weight is 344 g/mol. The van der Waals surface area contributed by atoms with E-state index in [1.165, 1.54) is 0 Å². The van der Waals surface area contributed by atoms with Crippen molar-refractivity contribution in [1.29, 1.82) is 0 Å². The summed E-state index contributed by atoms with van der Waals surface area (Å²) >= 11 is 4.23. The van der Waals surface area contributed by atoms with Gasteiger partial charge in [-0.25, -0.2) is 0 Å². The average Bonchev–Trinajstić information content (AvgIpc) is 2.84. The smallest absolute Gasteiger partial charge is 0.277 e. The lowest BCUT2D eigenvalue weighted by molar-refractivity contribution is -0.301. The van der Waals surface area contributed by atoms with Crippen molar-refractivity contribution in [1.82, 2.24) is 10.2 Å². The van der Waals surface area contributed by atoms with E-state index in [1.807, 2.05) is 12.1 Å². The zero-order valence-electron chi connectivity index (χ0n) is 9.54. The van der Waals surface area contributed by atoms with Gasteiger partial charge in [-0.1, -0.05) is 27.7 Å². The van der Waals surface area contributed by atoms with E-state index in [4.69, 9.17) is 9.15 Å². The van der Waals surface area contributed by atoms with Crippen LogP contribution in [0, 0.1) is 0 Å². The van der Waals surface area contributed by atoms with Gasteiger partial charge in [-0.2, -0.15) is 0 Å². The number of carbonyl (C=O) groups excluding carboxylic acids is 1. The minimum Gasteiger partial charge on any atom is -0.549 e. The molecule has 2 aromatic rings. The van der Waals surface area contributed by atoms with Crippen LogP contribution in [-0.4, -0.2) is 21.9 Å². The molecule has 8 heteroatoms. The molecule has 100 valence electrons. The molecule has 1 heterocycles. The molecule has 0 unspecified atom stereocenters. The summed E-state index contributed by atoms with van der Waals surface area (Å²) in [6.45, 7) is 0.126. The van der Waals surface area contributed by atoms with Gasteiger partial charge in [0.1, 0.15) is 5.75 Å². The number of benzene rings is 1. The van der Waals surface area contributed by atoms with E-state index in [0.717, 1.165) is 16.2 Å². The molecule has 0 saturated carbocycles. The highest BCUT2D eigenvalue weighted by atomic mass is 79.9. The molecule has 0 N–H and O–H groups in total. The number of aromatic nitrogens is 2. The molecule has 2 rings (SSSR count). The molecule has 0 aliphatic carbocycles. The Bertz CT molecular complexity index is 558. The van der Waals surface area contributed by atoms with E-state index in [0.29, 0.717) is 5.75 Å². The third-order valence-electron chi connectivity index (χ3n) is 1.94. The number of carbonyl (C=O) groups is 1. The second kappa shape index (κ2) is 6.58. The van der Waals surface area contributed by atoms with Gasteiger partial charge in [0.25, 0.3) is 11.1 Å². The zero-order valence-corrected chi connectivity index (χ0v) is 11.9. The topological polar surface area (TPSA) is 88.3 Å². The molecule has 19 heavy (non-hydrogen) atoms. The van der Waals surface area contributed by atoms with Gasteiger partial charge in [0.05, 0.1) is 5.97 Å². The predicted octanol–water partition coefficient (Wildman–Crippen LogP) is 1.25. The van der Waals surface area contributed by atoms with Gasteiger partial charge in [-0.15, -0.1) is 10.2 Å². The second-order valence-electron chi connectivity index (χ2n) is 3.36. The third kappa shape index (κ3) is 4.56. The number of carboxylic acids is 1. The van der Waals surface area contributed by atoms with E-state index >= 15 is 0 Å². The van der Waals surface area contributed by atoms with Crippen LogP contribution in [0.1, 0.15) is 5.89 Å². The van der Waals surface area contributed by atoms with Crippen molar-refractivity contribution in [2.45, 2.75) is 11.8 Å². The highest BCUT2D eigenvalue weighted by molar-refractivity contribution is 9.10. The van der Waals surface area contributed by atoms with Crippen LogP contribution < -0.4 is 9.84 Å². The van der Waals surface area contributed by atoms with Gasteiger partial charge in [0.2, 0.25) is 0 Å². The van der Waals surface area contributed by atoms with E-state index in [1.54, 1.807) is 12.1 Å². The summed E-state index contributed by atoms with van der Waals surface area (Å²) in [5.41, 5.74) is 0. The van der Waals surface area contributed by atoms with Crippen LogP contribution in [0.3, 0.4) is 0 Å². The first-order valence-corrected chi connectivity index (χ1v) is 6.95. The molecular formula is C11H8BrN2O4S-. The van der Waals surface area contributed by atoms with Crippen LogP contribution in [0.2, 0.25) is 0 Å². The first-order valence-electron chi connectivity index (χ1n) is 5.17. The van der Waals surface area contributed by atoms with Crippen LogP contribution in [0.15, 0.2) is 38.4 Å². The van der Waals surface area contributed by atoms with E-state index in [2.05, 4.69) is 26.1 Å². The quantitative estimate of drug-likeness (QED) is 0.729. The number of nitrogens with zero attached hydrogens (tertiary/aromatic N) is 2. The number of rotatable bonds is 6. The van der Waals surface area contributed by atoms with Crippen molar-refractivity contribution in [3.63, 3.8) is 0 Å². The van der Waals surface area contributed by atoms with Gasteiger partial charge in [-0.3, -0.25) is 0 Å². The molecule has 0 saturated heterocycles. The number of halogens is 1. The molecule has 0 amide bonds. The summed E-state index contributed by atoms with van der Waals surface area (Å²) in [5, 5.41) is 17.9. The molecule has 0 aliphatic heterocycles. The SMILES string of the molecule is O=C([O-])CSc1nnc(COc2ccc(Br)cc2)o1. The molecule has 1 aromatic carbocycles. The lowest BCUT2D eigenvalue weighted by Crippen LogP contribution is -2.24.